The summed E-state index contributed by atoms with van der Waals surface area (Å²) in [7, 11) is -1.17. The molecule has 0 radical (unpaired) electrons. The van der Waals surface area contributed by atoms with Crippen LogP contribution >= 0.6 is 7.52 Å². The van der Waals surface area contributed by atoms with Gasteiger partial charge >= 0.3 is 0 Å². The molecule has 1 fully saturated rings. The van der Waals surface area contributed by atoms with Crippen LogP contribution in [-0.2, 0) is 9.09 Å². The molecule has 0 bridgehead atoms. The second-order valence-electron chi connectivity index (χ2n) is 5.05. The van der Waals surface area contributed by atoms with Gasteiger partial charge in [-0.25, -0.2) is 4.67 Å². The Morgan fingerprint density at radius 1 is 1.23 bits per heavy atom. The van der Waals surface area contributed by atoms with Gasteiger partial charge in [0.2, 0.25) is 0 Å². The van der Waals surface area contributed by atoms with Crippen molar-refractivity contribution in [2.24, 2.45) is 0 Å². The zero-order valence-corrected chi connectivity index (χ0v) is 14.8. The first-order chi connectivity index (χ1) is 10.5. The summed E-state index contributed by atoms with van der Waals surface area (Å²) in [6.07, 6.45) is 1.58. The SMILES string of the molecule is CC.COP(C)(=O)N1CCC(NC(=O)c2ccccc2)CC1. The molecule has 1 aromatic carbocycles. The molecule has 1 unspecified atom stereocenters. The quantitative estimate of drug-likeness (QED) is 0.862. The minimum Gasteiger partial charge on any atom is -0.349 e. The van der Waals surface area contributed by atoms with E-state index in [1.165, 1.54) is 7.11 Å². The van der Waals surface area contributed by atoms with Crippen molar-refractivity contribution in [3.05, 3.63) is 35.9 Å². The van der Waals surface area contributed by atoms with Crippen molar-refractivity contribution in [3.63, 3.8) is 0 Å². The molecule has 1 N–H and O–H groups in total. The molecule has 22 heavy (non-hydrogen) atoms. The summed E-state index contributed by atoms with van der Waals surface area (Å²) in [6.45, 7) is 7.00. The Labute approximate surface area is 133 Å². The van der Waals surface area contributed by atoms with E-state index in [4.69, 9.17) is 4.52 Å². The number of carbonyl (C=O) groups excluding carboxylic acids is 1. The maximum Gasteiger partial charge on any atom is 0.269 e. The van der Waals surface area contributed by atoms with E-state index in [0.29, 0.717) is 18.7 Å². The fourth-order valence-corrected chi connectivity index (χ4v) is 3.54. The minimum atomic E-state index is -2.65. The van der Waals surface area contributed by atoms with Gasteiger partial charge in [-0.1, -0.05) is 32.0 Å². The summed E-state index contributed by atoms with van der Waals surface area (Å²) in [5.74, 6) is -0.0459. The largest absolute Gasteiger partial charge is 0.349 e. The van der Waals surface area contributed by atoms with Crippen molar-refractivity contribution < 1.29 is 13.9 Å². The third kappa shape index (κ3) is 5.24. The van der Waals surface area contributed by atoms with E-state index in [-0.39, 0.29) is 11.9 Å². The maximum absolute atomic E-state index is 12.1. The summed E-state index contributed by atoms with van der Waals surface area (Å²) in [6, 6.07) is 9.33. The van der Waals surface area contributed by atoms with Crippen molar-refractivity contribution in [2.45, 2.75) is 32.7 Å². The molecular formula is C16H27N2O3P. The van der Waals surface area contributed by atoms with Crippen molar-refractivity contribution in [2.75, 3.05) is 26.9 Å². The molecule has 2 rings (SSSR count). The number of hydrogen-bond acceptors (Lipinski definition) is 3. The van der Waals surface area contributed by atoms with E-state index < -0.39 is 7.52 Å². The van der Waals surface area contributed by atoms with Crippen LogP contribution in [0.3, 0.4) is 0 Å². The second kappa shape index (κ2) is 9.09. The van der Waals surface area contributed by atoms with Crippen LogP contribution in [0.2, 0.25) is 0 Å². The molecule has 1 heterocycles. The van der Waals surface area contributed by atoms with E-state index in [9.17, 15) is 9.36 Å². The number of rotatable bonds is 4. The van der Waals surface area contributed by atoms with Crippen LogP contribution in [0.15, 0.2) is 30.3 Å². The highest BCUT2D eigenvalue weighted by molar-refractivity contribution is 7.55. The second-order valence-corrected chi connectivity index (χ2v) is 7.59. The summed E-state index contributed by atoms with van der Waals surface area (Å²) >= 11 is 0. The highest BCUT2D eigenvalue weighted by Gasteiger charge is 2.30. The fraction of sp³-hybridized carbons (Fsp3) is 0.562. The van der Waals surface area contributed by atoms with E-state index >= 15 is 0 Å². The van der Waals surface area contributed by atoms with Gasteiger partial charge in [-0.15, -0.1) is 0 Å². The number of piperidine rings is 1. The summed E-state index contributed by atoms with van der Waals surface area (Å²) < 4.78 is 19.0. The first-order valence-electron chi connectivity index (χ1n) is 7.77. The molecule has 1 amide bonds. The molecule has 1 atom stereocenters. The Morgan fingerprint density at radius 2 is 1.77 bits per heavy atom. The number of benzene rings is 1. The number of hydrogen-bond donors (Lipinski definition) is 1. The Balaban J connectivity index is 0.00000116. The van der Waals surface area contributed by atoms with Gasteiger partial charge < -0.3 is 9.84 Å². The van der Waals surface area contributed by atoms with E-state index in [2.05, 4.69) is 5.32 Å². The monoisotopic (exact) mass is 326 g/mol. The molecule has 0 saturated carbocycles. The zero-order valence-electron chi connectivity index (χ0n) is 13.9. The van der Waals surface area contributed by atoms with Crippen LogP contribution < -0.4 is 5.32 Å². The van der Waals surface area contributed by atoms with Crippen LogP contribution in [0, 0.1) is 0 Å². The third-order valence-corrected chi connectivity index (χ3v) is 5.80. The van der Waals surface area contributed by atoms with Gasteiger partial charge in [-0.05, 0) is 25.0 Å². The molecule has 0 aliphatic carbocycles. The predicted octanol–water partition coefficient (Wildman–Crippen LogP) is 3.38. The lowest BCUT2D eigenvalue weighted by Crippen LogP contribution is -2.43. The van der Waals surface area contributed by atoms with Crippen molar-refractivity contribution in [1.29, 1.82) is 0 Å². The highest BCUT2D eigenvalue weighted by Crippen LogP contribution is 2.47. The molecule has 1 aromatic rings. The molecular weight excluding hydrogens is 299 g/mol. The lowest BCUT2D eigenvalue weighted by atomic mass is 10.1. The van der Waals surface area contributed by atoms with Gasteiger partial charge in [0.15, 0.2) is 0 Å². The van der Waals surface area contributed by atoms with Gasteiger partial charge in [-0.3, -0.25) is 9.36 Å². The number of nitrogens with one attached hydrogen (secondary N) is 1. The normalized spacial score (nSPS) is 18.7. The van der Waals surface area contributed by atoms with E-state index in [1.54, 1.807) is 18.8 Å². The molecule has 0 spiro atoms. The predicted molar refractivity (Wildman–Crippen MR) is 90.4 cm³/mol. The van der Waals surface area contributed by atoms with Gasteiger partial charge in [0.1, 0.15) is 0 Å². The smallest absolute Gasteiger partial charge is 0.269 e. The number of amides is 1. The maximum atomic E-state index is 12.1. The van der Waals surface area contributed by atoms with Crippen LogP contribution in [0.1, 0.15) is 37.0 Å². The van der Waals surface area contributed by atoms with Gasteiger partial charge in [0.05, 0.1) is 0 Å². The van der Waals surface area contributed by atoms with E-state index in [0.717, 1.165) is 12.8 Å². The third-order valence-electron chi connectivity index (χ3n) is 3.70. The Bertz CT molecular complexity index is 499. The summed E-state index contributed by atoms with van der Waals surface area (Å²) in [5.41, 5.74) is 0.674. The van der Waals surface area contributed by atoms with E-state index in [1.807, 2.05) is 36.7 Å². The minimum absolute atomic E-state index is 0.0459. The standard InChI is InChI=1S/C14H21N2O3P.C2H6/c1-19-20(2,18)16-10-8-13(9-11-16)15-14(17)12-6-4-3-5-7-12;1-2/h3-7,13H,8-11H2,1-2H3,(H,15,17);1-2H3. The molecule has 5 nitrogen and oxygen atoms in total. The molecule has 1 aliphatic heterocycles. The van der Waals surface area contributed by atoms with Gasteiger partial charge in [0.25, 0.3) is 13.4 Å². The summed E-state index contributed by atoms with van der Waals surface area (Å²) in [4.78, 5) is 12.0. The van der Waals surface area contributed by atoms with Crippen LogP contribution in [0.25, 0.3) is 0 Å². The Hall–Kier alpha value is -1.16. The average Bonchev–Trinajstić information content (AvgIpc) is 2.58. The van der Waals surface area contributed by atoms with Crippen molar-refractivity contribution in [1.82, 2.24) is 9.99 Å². The number of carbonyl (C=O) groups is 1. The molecule has 1 saturated heterocycles. The molecule has 0 aromatic heterocycles. The lowest BCUT2D eigenvalue weighted by Gasteiger charge is -2.34. The average molecular weight is 326 g/mol. The first-order valence-corrected chi connectivity index (χ1v) is 9.80. The number of nitrogens with zero attached hydrogens (tertiary/aromatic N) is 1. The lowest BCUT2D eigenvalue weighted by molar-refractivity contribution is 0.0922. The van der Waals surface area contributed by atoms with Crippen LogP contribution in [0.5, 0.6) is 0 Å². The van der Waals surface area contributed by atoms with Gasteiger partial charge in [-0.2, -0.15) is 0 Å². The molecule has 124 valence electrons. The Kier molecular flexibility index (Phi) is 7.80. The van der Waals surface area contributed by atoms with Crippen molar-refractivity contribution in [3.8, 4) is 0 Å². The first kappa shape index (κ1) is 18.9. The van der Waals surface area contributed by atoms with Crippen LogP contribution in [0.4, 0.5) is 0 Å². The fourth-order valence-electron chi connectivity index (χ4n) is 2.35. The highest BCUT2D eigenvalue weighted by atomic mass is 31.2. The zero-order chi connectivity index (χ0) is 16.6. The van der Waals surface area contributed by atoms with Crippen LogP contribution in [-0.4, -0.2) is 43.5 Å². The van der Waals surface area contributed by atoms with Crippen molar-refractivity contribution >= 4 is 13.4 Å². The van der Waals surface area contributed by atoms with Gasteiger partial charge in [0, 0.05) is 38.5 Å². The summed E-state index contributed by atoms with van der Waals surface area (Å²) in [5, 5.41) is 3.03. The Morgan fingerprint density at radius 3 is 2.27 bits per heavy atom. The molecule has 6 heteroatoms. The topological polar surface area (TPSA) is 58.6 Å². The molecule has 1 aliphatic rings.